The molecule has 0 amide bonds. The minimum absolute atomic E-state index is 0.802. The number of hydrogen-bond donors (Lipinski definition) is 1. The maximum absolute atomic E-state index is 3.89. The van der Waals surface area contributed by atoms with Crippen molar-refractivity contribution >= 4 is 11.8 Å². The van der Waals surface area contributed by atoms with Gasteiger partial charge in [-0.05, 0) is 57.5 Å². The van der Waals surface area contributed by atoms with Crippen molar-refractivity contribution in [2.24, 2.45) is 0 Å². The van der Waals surface area contributed by atoms with Crippen LogP contribution in [0, 0.1) is 0 Å². The van der Waals surface area contributed by atoms with Crippen LogP contribution in [0.3, 0.4) is 0 Å². The minimum Gasteiger partial charge on any atom is -0.310 e. The Morgan fingerprint density at radius 3 is 2.65 bits per heavy atom. The fourth-order valence-electron chi connectivity index (χ4n) is 2.91. The maximum atomic E-state index is 3.89. The smallest absolute Gasteiger partial charge is 0.0161 e. The van der Waals surface area contributed by atoms with Gasteiger partial charge in [-0.25, -0.2) is 0 Å². The first-order valence-electron chi connectivity index (χ1n) is 7.44. The number of rotatable bonds is 5. The molecule has 1 atom stereocenters. The second-order valence-electron chi connectivity index (χ2n) is 5.55. The lowest BCUT2D eigenvalue weighted by Gasteiger charge is -2.35. The fraction of sp³-hybridized carbons (Fsp3) is 1.00. The molecule has 0 saturated carbocycles. The molecule has 3 heteroatoms. The molecule has 100 valence electrons. The highest BCUT2D eigenvalue weighted by Gasteiger charge is 2.22. The van der Waals surface area contributed by atoms with E-state index in [9.17, 15) is 0 Å². The summed E-state index contributed by atoms with van der Waals surface area (Å²) >= 11 is 2.13. The highest BCUT2D eigenvalue weighted by Crippen LogP contribution is 2.19. The SMILES string of the molecule is CCCCN1CCC(NC2CCCSC2)CC1. The van der Waals surface area contributed by atoms with Crippen LogP contribution in [0.15, 0.2) is 0 Å². The molecule has 2 aliphatic rings. The second kappa shape index (κ2) is 7.65. The van der Waals surface area contributed by atoms with Gasteiger partial charge >= 0.3 is 0 Å². The Morgan fingerprint density at radius 1 is 1.18 bits per heavy atom. The molecule has 2 aliphatic heterocycles. The molecule has 2 saturated heterocycles. The summed E-state index contributed by atoms with van der Waals surface area (Å²) in [5.74, 6) is 2.73. The lowest BCUT2D eigenvalue weighted by Crippen LogP contribution is -2.47. The molecule has 1 unspecified atom stereocenters. The van der Waals surface area contributed by atoms with Crippen molar-refractivity contribution in [2.45, 2.75) is 57.5 Å². The molecule has 2 rings (SSSR count). The molecule has 0 spiro atoms. The van der Waals surface area contributed by atoms with E-state index in [4.69, 9.17) is 0 Å². The number of unbranched alkanes of at least 4 members (excludes halogenated alkanes) is 1. The van der Waals surface area contributed by atoms with E-state index in [-0.39, 0.29) is 0 Å². The third kappa shape index (κ3) is 4.80. The number of hydrogen-bond acceptors (Lipinski definition) is 3. The van der Waals surface area contributed by atoms with Crippen LogP contribution < -0.4 is 5.32 Å². The summed E-state index contributed by atoms with van der Waals surface area (Å²) in [6.07, 6.45) is 8.26. The molecule has 0 aliphatic carbocycles. The summed E-state index contributed by atoms with van der Waals surface area (Å²) in [7, 11) is 0. The number of nitrogens with one attached hydrogen (secondary N) is 1. The summed E-state index contributed by atoms with van der Waals surface area (Å²) in [5, 5.41) is 3.89. The van der Waals surface area contributed by atoms with Crippen molar-refractivity contribution in [1.29, 1.82) is 0 Å². The highest BCUT2D eigenvalue weighted by atomic mass is 32.2. The monoisotopic (exact) mass is 256 g/mol. The van der Waals surface area contributed by atoms with Crippen LogP contribution in [0.1, 0.15) is 45.4 Å². The highest BCUT2D eigenvalue weighted by molar-refractivity contribution is 7.99. The van der Waals surface area contributed by atoms with Gasteiger partial charge in [-0.1, -0.05) is 13.3 Å². The molecule has 17 heavy (non-hydrogen) atoms. The number of likely N-dealkylation sites (tertiary alicyclic amines) is 1. The Kier molecular flexibility index (Phi) is 6.16. The summed E-state index contributed by atoms with van der Waals surface area (Å²) < 4.78 is 0. The first-order valence-corrected chi connectivity index (χ1v) is 8.60. The summed E-state index contributed by atoms with van der Waals surface area (Å²) in [6, 6.07) is 1.61. The maximum Gasteiger partial charge on any atom is 0.0161 e. The topological polar surface area (TPSA) is 15.3 Å². The van der Waals surface area contributed by atoms with E-state index in [1.807, 2.05) is 0 Å². The van der Waals surface area contributed by atoms with Gasteiger partial charge in [-0.3, -0.25) is 0 Å². The van der Waals surface area contributed by atoms with E-state index in [0.717, 1.165) is 12.1 Å². The summed E-state index contributed by atoms with van der Waals surface area (Å²) in [5.41, 5.74) is 0. The largest absolute Gasteiger partial charge is 0.310 e. The normalized spacial score (nSPS) is 28.4. The summed E-state index contributed by atoms with van der Waals surface area (Å²) in [4.78, 5) is 2.65. The van der Waals surface area contributed by atoms with E-state index in [1.165, 1.54) is 69.7 Å². The summed E-state index contributed by atoms with van der Waals surface area (Å²) in [6.45, 7) is 6.24. The van der Waals surface area contributed by atoms with Gasteiger partial charge < -0.3 is 10.2 Å². The van der Waals surface area contributed by atoms with E-state index >= 15 is 0 Å². The molecular weight excluding hydrogens is 228 g/mol. The minimum atomic E-state index is 0.802. The molecule has 0 radical (unpaired) electrons. The Hall–Kier alpha value is 0.270. The van der Waals surface area contributed by atoms with Crippen LogP contribution >= 0.6 is 11.8 Å². The van der Waals surface area contributed by atoms with Crippen molar-refractivity contribution in [3.05, 3.63) is 0 Å². The van der Waals surface area contributed by atoms with Crippen LogP contribution in [0.4, 0.5) is 0 Å². The first kappa shape index (κ1) is 13.7. The van der Waals surface area contributed by atoms with Crippen molar-refractivity contribution in [3.63, 3.8) is 0 Å². The Labute approximate surface area is 111 Å². The van der Waals surface area contributed by atoms with Crippen molar-refractivity contribution in [2.75, 3.05) is 31.1 Å². The van der Waals surface area contributed by atoms with Crippen LogP contribution in [-0.2, 0) is 0 Å². The van der Waals surface area contributed by atoms with Gasteiger partial charge in [0.05, 0.1) is 0 Å². The van der Waals surface area contributed by atoms with Gasteiger partial charge in [-0.2, -0.15) is 11.8 Å². The van der Waals surface area contributed by atoms with Gasteiger partial charge in [0.2, 0.25) is 0 Å². The Balaban J connectivity index is 1.61. The molecule has 2 heterocycles. The molecule has 1 N–H and O–H groups in total. The van der Waals surface area contributed by atoms with Gasteiger partial charge in [0.25, 0.3) is 0 Å². The fourth-order valence-corrected chi connectivity index (χ4v) is 4.00. The van der Waals surface area contributed by atoms with Crippen LogP contribution in [0.2, 0.25) is 0 Å². The third-order valence-electron chi connectivity index (χ3n) is 4.05. The Morgan fingerprint density at radius 2 is 2.00 bits per heavy atom. The predicted octanol–water partition coefficient (Wildman–Crippen LogP) is 2.74. The molecular formula is C14H28N2S. The molecule has 2 fully saturated rings. The predicted molar refractivity (Wildman–Crippen MR) is 77.9 cm³/mol. The quantitative estimate of drug-likeness (QED) is 0.814. The molecule has 0 aromatic carbocycles. The zero-order chi connectivity index (χ0) is 11.9. The van der Waals surface area contributed by atoms with Crippen molar-refractivity contribution in [3.8, 4) is 0 Å². The average Bonchev–Trinajstić information content (AvgIpc) is 2.39. The van der Waals surface area contributed by atoms with E-state index in [1.54, 1.807) is 0 Å². The van der Waals surface area contributed by atoms with Crippen molar-refractivity contribution < 1.29 is 0 Å². The molecule has 2 nitrogen and oxygen atoms in total. The lowest BCUT2D eigenvalue weighted by molar-refractivity contribution is 0.189. The first-order chi connectivity index (χ1) is 8.38. The van der Waals surface area contributed by atoms with Crippen molar-refractivity contribution in [1.82, 2.24) is 10.2 Å². The zero-order valence-electron chi connectivity index (χ0n) is 11.3. The van der Waals surface area contributed by atoms with Gasteiger partial charge in [0.15, 0.2) is 0 Å². The molecule has 0 aromatic heterocycles. The zero-order valence-corrected chi connectivity index (χ0v) is 12.1. The van der Waals surface area contributed by atoms with E-state index in [0.29, 0.717) is 0 Å². The van der Waals surface area contributed by atoms with E-state index < -0.39 is 0 Å². The molecule has 0 bridgehead atoms. The molecule has 0 aromatic rings. The van der Waals surface area contributed by atoms with Gasteiger partial charge in [-0.15, -0.1) is 0 Å². The standard InChI is InChI=1S/C14H28N2S/c1-2-3-8-16-9-6-13(7-10-16)15-14-5-4-11-17-12-14/h13-15H,2-12H2,1H3. The number of nitrogens with zero attached hydrogens (tertiary/aromatic N) is 1. The lowest BCUT2D eigenvalue weighted by atomic mass is 10.0. The number of thioether (sulfide) groups is 1. The van der Waals surface area contributed by atoms with Crippen LogP contribution in [0.25, 0.3) is 0 Å². The van der Waals surface area contributed by atoms with E-state index in [2.05, 4.69) is 28.9 Å². The van der Waals surface area contributed by atoms with Gasteiger partial charge in [0.1, 0.15) is 0 Å². The van der Waals surface area contributed by atoms with Gasteiger partial charge in [0, 0.05) is 17.8 Å². The average molecular weight is 256 g/mol. The number of piperidine rings is 1. The third-order valence-corrected chi connectivity index (χ3v) is 5.26. The van der Waals surface area contributed by atoms with Crippen LogP contribution in [-0.4, -0.2) is 48.1 Å². The second-order valence-corrected chi connectivity index (χ2v) is 6.70. The van der Waals surface area contributed by atoms with Crippen LogP contribution in [0.5, 0.6) is 0 Å². The Bertz CT molecular complexity index is 196.